The number of halogens is 1. The number of likely N-dealkylation sites (tertiary alicyclic amines) is 2. The molecule has 4 rings (SSSR count). The van der Waals surface area contributed by atoms with Crippen molar-refractivity contribution in [3.8, 4) is 11.8 Å². The van der Waals surface area contributed by atoms with E-state index >= 15 is 0 Å². The summed E-state index contributed by atoms with van der Waals surface area (Å²) in [7, 11) is 0. The minimum absolute atomic E-state index is 0.0241. The van der Waals surface area contributed by atoms with Gasteiger partial charge in [-0.05, 0) is 34.5 Å². The quantitative estimate of drug-likeness (QED) is 0.649. The molecule has 3 fully saturated rings. The highest BCUT2D eigenvalue weighted by atomic mass is 79.9. The highest BCUT2D eigenvalue weighted by Gasteiger charge is 2.39. The summed E-state index contributed by atoms with van der Waals surface area (Å²) in [6.07, 6.45) is 0.784. The number of hydrogen-bond donors (Lipinski definition) is 1. The fourth-order valence-corrected chi connectivity index (χ4v) is 3.93. The van der Waals surface area contributed by atoms with Gasteiger partial charge in [-0.3, -0.25) is 4.79 Å². The van der Waals surface area contributed by atoms with Crippen molar-refractivity contribution in [1.82, 2.24) is 15.1 Å². The molecule has 1 aromatic carbocycles. The lowest BCUT2D eigenvalue weighted by Gasteiger charge is -2.45. The predicted molar refractivity (Wildman–Crippen MR) is 99.3 cm³/mol. The van der Waals surface area contributed by atoms with Crippen LogP contribution in [0.5, 0.6) is 0 Å². The summed E-state index contributed by atoms with van der Waals surface area (Å²) in [5.74, 6) is 6.53. The summed E-state index contributed by atoms with van der Waals surface area (Å²) in [6.45, 7) is 2.62. The maximum Gasteiger partial charge on any atom is 0.320 e. The first kappa shape index (κ1) is 17.4. The zero-order valence-corrected chi connectivity index (χ0v) is 15.9. The van der Waals surface area contributed by atoms with Gasteiger partial charge in [0.25, 0.3) is 0 Å². The lowest BCUT2D eigenvalue weighted by atomic mass is 9.99. The highest BCUT2D eigenvalue weighted by molar-refractivity contribution is 9.10. The molecule has 1 aromatic rings. The summed E-state index contributed by atoms with van der Waals surface area (Å²) in [4.78, 5) is 27.8. The summed E-state index contributed by atoms with van der Waals surface area (Å²) >= 11 is 3.49. The Bertz CT molecular complexity index is 782. The minimum Gasteiger partial charge on any atom is -0.366 e. The molecule has 26 heavy (non-hydrogen) atoms. The maximum atomic E-state index is 12.7. The molecule has 6 nitrogen and oxygen atoms in total. The van der Waals surface area contributed by atoms with Crippen molar-refractivity contribution in [2.24, 2.45) is 5.92 Å². The van der Waals surface area contributed by atoms with Gasteiger partial charge in [-0.2, -0.15) is 0 Å². The number of carbonyl (C=O) groups excluding carboxylic acids is 2. The Balaban J connectivity index is 1.30. The average Bonchev–Trinajstić information content (AvgIpc) is 2.61. The van der Waals surface area contributed by atoms with Crippen LogP contribution in [0.25, 0.3) is 0 Å². The van der Waals surface area contributed by atoms with Crippen LogP contribution in [0.2, 0.25) is 0 Å². The Morgan fingerprint density at radius 1 is 1.23 bits per heavy atom. The Morgan fingerprint density at radius 2 is 2.04 bits per heavy atom. The third-order valence-electron chi connectivity index (χ3n) is 5.03. The second-order valence-electron chi connectivity index (χ2n) is 6.89. The first-order valence-electron chi connectivity index (χ1n) is 8.81. The van der Waals surface area contributed by atoms with Crippen molar-refractivity contribution in [2.45, 2.75) is 18.6 Å². The Kier molecular flexibility index (Phi) is 4.88. The molecule has 3 saturated heterocycles. The number of morpholine rings is 1. The first-order chi connectivity index (χ1) is 12.6. The topological polar surface area (TPSA) is 61.9 Å². The van der Waals surface area contributed by atoms with E-state index in [1.165, 1.54) is 0 Å². The Morgan fingerprint density at radius 3 is 2.85 bits per heavy atom. The van der Waals surface area contributed by atoms with Gasteiger partial charge in [-0.15, -0.1) is 0 Å². The molecular weight excluding hydrogens is 398 g/mol. The Hall–Kier alpha value is -2.04. The third kappa shape index (κ3) is 3.57. The van der Waals surface area contributed by atoms with E-state index in [0.29, 0.717) is 26.2 Å². The van der Waals surface area contributed by atoms with Gasteiger partial charge < -0.3 is 19.9 Å². The van der Waals surface area contributed by atoms with Gasteiger partial charge >= 0.3 is 6.03 Å². The van der Waals surface area contributed by atoms with Crippen LogP contribution in [-0.4, -0.2) is 66.7 Å². The Labute approximate surface area is 161 Å². The lowest BCUT2D eigenvalue weighted by molar-refractivity contribution is -0.139. The second kappa shape index (κ2) is 7.29. The molecule has 1 N–H and O–H groups in total. The van der Waals surface area contributed by atoms with Crippen LogP contribution in [0.4, 0.5) is 4.79 Å². The van der Waals surface area contributed by atoms with Gasteiger partial charge in [-0.25, -0.2) is 4.79 Å². The molecule has 0 spiro atoms. The molecule has 0 bridgehead atoms. The third-order valence-corrected chi connectivity index (χ3v) is 5.72. The molecule has 136 valence electrons. The molecule has 3 aliphatic rings. The number of carbonyl (C=O) groups is 2. The van der Waals surface area contributed by atoms with Gasteiger partial charge in [-0.1, -0.05) is 24.0 Å². The number of nitrogens with one attached hydrogen (secondary N) is 1. The molecule has 0 radical (unpaired) electrons. The number of ether oxygens (including phenoxy) is 1. The van der Waals surface area contributed by atoms with E-state index in [2.05, 4.69) is 33.1 Å². The number of nitrogens with zero attached hydrogens (tertiary/aromatic N) is 2. The van der Waals surface area contributed by atoms with Gasteiger partial charge in [0, 0.05) is 36.2 Å². The van der Waals surface area contributed by atoms with Crippen molar-refractivity contribution < 1.29 is 14.3 Å². The predicted octanol–water partition coefficient (Wildman–Crippen LogP) is 1.44. The lowest BCUT2D eigenvalue weighted by Crippen LogP contribution is -2.64. The molecule has 3 aliphatic heterocycles. The van der Waals surface area contributed by atoms with Crippen molar-refractivity contribution in [1.29, 1.82) is 0 Å². The standard InChI is InChI=1S/C19H20BrN3O3/c20-15-4-2-1-3-14(15)6-5-13-9-23(10-13)19(25)22-8-7-17-16(11-22)21-18(24)12-26-17/h1-4,13,16-17H,7-12H2,(H,21,24)/t16-,17+/m1/s1. The van der Waals surface area contributed by atoms with Gasteiger partial charge in [0.1, 0.15) is 6.61 Å². The van der Waals surface area contributed by atoms with E-state index in [-0.39, 0.29) is 36.6 Å². The summed E-state index contributed by atoms with van der Waals surface area (Å²) in [5, 5.41) is 2.93. The van der Waals surface area contributed by atoms with E-state index in [1.54, 1.807) is 0 Å². The molecule has 0 unspecified atom stereocenters. The van der Waals surface area contributed by atoms with Crippen molar-refractivity contribution >= 4 is 27.9 Å². The molecule has 2 atom stereocenters. The van der Waals surface area contributed by atoms with Crippen LogP contribution in [0.1, 0.15) is 12.0 Å². The van der Waals surface area contributed by atoms with E-state index < -0.39 is 0 Å². The number of hydrogen-bond acceptors (Lipinski definition) is 3. The molecule has 0 saturated carbocycles. The summed E-state index contributed by atoms with van der Waals surface area (Å²) in [5.41, 5.74) is 0.965. The molecule has 3 amide bonds. The summed E-state index contributed by atoms with van der Waals surface area (Å²) in [6, 6.07) is 7.80. The average molecular weight is 418 g/mol. The maximum absolute atomic E-state index is 12.7. The SMILES string of the molecule is O=C1CO[C@H]2CCN(C(=O)N3CC(C#Cc4ccccc4Br)C3)C[C@H]2N1. The molecule has 0 aromatic heterocycles. The second-order valence-corrected chi connectivity index (χ2v) is 7.75. The molecule has 7 heteroatoms. The number of piperidine rings is 1. The first-order valence-corrected chi connectivity index (χ1v) is 9.60. The normalized spacial score (nSPS) is 25.5. The van der Waals surface area contributed by atoms with E-state index in [0.717, 1.165) is 16.5 Å². The van der Waals surface area contributed by atoms with E-state index in [1.807, 2.05) is 34.1 Å². The van der Waals surface area contributed by atoms with Crippen LogP contribution in [0.15, 0.2) is 28.7 Å². The van der Waals surface area contributed by atoms with Crippen LogP contribution in [-0.2, 0) is 9.53 Å². The van der Waals surface area contributed by atoms with Crippen LogP contribution in [0.3, 0.4) is 0 Å². The van der Waals surface area contributed by atoms with Crippen LogP contribution >= 0.6 is 15.9 Å². The van der Waals surface area contributed by atoms with E-state index in [9.17, 15) is 9.59 Å². The number of rotatable bonds is 0. The number of fused-ring (bicyclic) bond motifs is 1. The van der Waals surface area contributed by atoms with Crippen molar-refractivity contribution in [3.63, 3.8) is 0 Å². The van der Waals surface area contributed by atoms with E-state index in [4.69, 9.17) is 4.74 Å². The molecule has 3 heterocycles. The van der Waals surface area contributed by atoms with Gasteiger partial charge in [0.05, 0.1) is 18.1 Å². The zero-order chi connectivity index (χ0) is 18.1. The fourth-order valence-electron chi connectivity index (χ4n) is 3.54. The minimum atomic E-state index is -0.105. The van der Waals surface area contributed by atoms with Gasteiger partial charge in [0.2, 0.25) is 5.91 Å². The largest absolute Gasteiger partial charge is 0.366 e. The number of benzene rings is 1. The van der Waals surface area contributed by atoms with Crippen molar-refractivity contribution in [2.75, 3.05) is 32.8 Å². The zero-order valence-electron chi connectivity index (χ0n) is 14.3. The highest BCUT2D eigenvalue weighted by Crippen LogP contribution is 2.22. The number of amides is 3. The van der Waals surface area contributed by atoms with Gasteiger partial charge in [0.15, 0.2) is 0 Å². The number of urea groups is 1. The molecular formula is C19H20BrN3O3. The summed E-state index contributed by atoms with van der Waals surface area (Å²) < 4.78 is 6.52. The molecule has 0 aliphatic carbocycles. The van der Waals surface area contributed by atoms with Crippen LogP contribution < -0.4 is 5.32 Å². The smallest absolute Gasteiger partial charge is 0.320 e. The fraction of sp³-hybridized carbons (Fsp3) is 0.474. The monoisotopic (exact) mass is 417 g/mol. The van der Waals surface area contributed by atoms with Crippen LogP contribution in [0, 0.1) is 17.8 Å². The van der Waals surface area contributed by atoms with Crippen molar-refractivity contribution in [3.05, 3.63) is 34.3 Å².